The molecule has 14 heteroatoms. The second-order valence-electron chi connectivity index (χ2n) is 17.2. The Morgan fingerprint density at radius 3 is 1.95 bits per heavy atom. The normalized spacial score (nSPS) is 20.4. The van der Waals surface area contributed by atoms with Gasteiger partial charge >= 0.3 is 12.2 Å². The molecule has 314 valence electrons. The van der Waals surface area contributed by atoms with Gasteiger partial charge in [0.25, 0.3) is 0 Å². The standard InChI is InChI=1S/C46H54N8O6/c1-7-34(51-44(57)59-5)42(55)53-24-27(4)18-37(53)40-47-23-36(50-40)33-15-14-31-19-30(12-13-32(31)20-33)28-8-10-29(11-9-28)35-22-48-41(49-35)38-21-46(16-17-46)25-54(38)43(56)39(26(2)3)52-45(58)60-6/h8-15,19-20,22-23,26-27,34,37-39H,7,16-18,21,24-25H2,1-6H3,(H,47,50)(H,48,49)(H,51,57)(H,52,58)/t27-,34-,37-,38-,39-/m0/s1. The number of ether oxygens (including phenoxy) is 2. The highest BCUT2D eigenvalue weighted by Crippen LogP contribution is 2.58. The van der Waals surface area contributed by atoms with E-state index in [0.29, 0.717) is 19.5 Å². The van der Waals surface area contributed by atoms with Gasteiger partial charge in [-0.3, -0.25) is 9.59 Å². The van der Waals surface area contributed by atoms with Crippen molar-refractivity contribution in [3.8, 4) is 33.6 Å². The van der Waals surface area contributed by atoms with Crippen molar-refractivity contribution in [1.82, 2.24) is 40.4 Å². The van der Waals surface area contributed by atoms with Crippen LogP contribution in [-0.2, 0) is 19.1 Å². The third-order valence-corrected chi connectivity index (χ3v) is 12.6. The van der Waals surface area contributed by atoms with Gasteiger partial charge in [0.05, 0.1) is 50.1 Å². The van der Waals surface area contributed by atoms with Gasteiger partial charge in [0.15, 0.2) is 0 Å². The fourth-order valence-corrected chi connectivity index (χ4v) is 8.98. The van der Waals surface area contributed by atoms with Gasteiger partial charge in [0, 0.05) is 18.7 Å². The number of aromatic nitrogens is 4. The highest BCUT2D eigenvalue weighted by Gasteiger charge is 2.55. The van der Waals surface area contributed by atoms with Crippen LogP contribution in [0.4, 0.5) is 9.59 Å². The van der Waals surface area contributed by atoms with E-state index in [1.807, 2.05) is 43.0 Å². The number of aromatic amines is 2. The number of imidazole rings is 2. The molecular formula is C46H54N8O6. The van der Waals surface area contributed by atoms with E-state index in [-0.39, 0.29) is 41.1 Å². The summed E-state index contributed by atoms with van der Waals surface area (Å²) in [7, 11) is 2.60. The van der Waals surface area contributed by atoms with Crippen LogP contribution in [0, 0.1) is 17.3 Å². The van der Waals surface area contributed by atoms with E-state index in [9.17, 15) is 19.2 Å². The van der Waals surface area contributed by atoms with Gasteiger partial charge in [-0.1, -0.05) is 76.2 Å². The molecule has 0 radical (unpaired) electrons. The van der Waals surface area contributed by atoms with Crippen molar-refractivity contribution < 1.29 is 28.7 Å². The van der Waals surface area contributed by atoms with Crippen molar-refractivity contribution >= 4 is 34.8 Å². The summed E-state index contributed by atoms with van der Waals surface area (Å²) in [6, 6.07) is 19.4. The average Bonchev–Trinajstić information content (AvgIpc) is 3.73. The first kappa shape index (κ1) is 40.6. The lowest BCUT2D eigenvalue weighted by atomic mass is 9.98. The predicted octanol–water partition coefficient (Wildman–Crippen LogP) is 7.77. The lowest BCUT2D eigenvalue weighted by Crippen LogP contribution is -2.51. The van der Waals surface area contributed by atoms with Gasteiger partial charge < -0.3 is 39.9 Å². The number of nitrogens with zero attached hydrogens (tertiary/aromatic N) is 4. The zero-order valence-electron chi connectivity index (χ0n) is 35.1. The Morgan fingerprint density at radius 1 is 0.767 bits per heavy atom. The Bertz CT molecular complexity index is 2400. The number of hydrogen-bond acceptors (Lipinski definition) is 8. The minimum Gasteiger partial charge on any atom is -0.453 e. The van der Waals surface area contributed by atoms with E-state index in [0.717, 1.165) is 81.7 Å². The number of carbonyl (C=O) groups is 4. The van der Waals surface area contributed by atoms with Gasteiger partial charge in [-0.25, -0.2) is 19.6 Å². The maximum Gasteiger partial charge on any atom is 0.407 e. The molecule has 0 bridgehead atoms. The number of H-pyrrole nitrogens is 2. The van der Waals surface area contributed by atoms with Crippen molar-refractivity contribution in [2.75, 3.05) is 27.3 Å². The fourth-order valence-electron chi connectivity index (χ4n) is 8.98. The number of fused-ring (bicyclic) bond motifs is 1. The SMILES string of the molecule is CC[C@H](NC(=O)OC)C(=O)N1C[C@@H](C)C[C@H]1c1ncc(-c2ccc3cc(-c4ccc(-c5cnc([C@@H]6CC7(CC7)CN6C(=O)[C@@H](NC(=O)OC)C(C)C)[nH]5)cc4)ccc3c2)[nH]1. The van der Waals surface area contributed by atoms with E-state index < -0.39 is 24.3 Å². The summed E-state index contributed by atoms with van der Waals surface area (Å²) >= 11 is 0. The summed E-state index contributed by atoms with van der Waals surface area (Å²) in [5.74, 6) is 1.43. The molecule has 1 spiro atoms. The van der Waals surface area contributed by atoms with E-state index >= 15 is 0 Å². The van der Waals surface area contributed by atoms with Crippen molar-refractivity contribution in [3.05, 3.63) is 84.7 Å². The number of amides is 4. The van der Waals surface area contributed by atoms with Crippen molar-refractivity contribution in [2.24, 2.45) is 17.3 Å². The number of benzene rings is 3. The number of alkyl carbamates (subject to hydrolysis) is 2. The van der Waals surface area contributed by atoms with Crippen LogP contribution in [0.3, 0.4) is 0 Å². The average molecular weight is 815 g/mol. The summed E-state index contributed by atoms with van der Waals surface area (Å²) < 4.78 is 9.56. The van der Waals surface area contributed by atoms with Gasteiger partial charge in [-0.05, 0) is 89.0 Å². The Kier molecular flexibility index (Phi) is 11.1. The second-order valence-corrected chi connectivity index (χ2v) is 17.2. The number of likely N-dealkylation sites (tertiary alicyclic amines) is 2. The smallest absolute Gasteiger partial charge is 0.407 e. The van der Waals surface area contributed by atoms with E-state index in [2.05, 4.69) is 88.2 Å². The van der Waals surface area contributed by atoms with Crippen LogP contribution in [0.2, 0.25) is 0 Å². The summed E-state index contributed by atoms with van der Waals surface area (Å²) in [5.41, 5.74) is 6.04. The molecule has 2 aliphatic heterocycles. The first-order chi connectivity index (χ1) is 28.9. The topological polar surface area (TPSA) is 175 Å². The van der Waals surface area contributed by atoms with Crippen LogP contribution >= 0.6 is 0 Å². The molecular weight excluding hydrogens is 761 g/mol. The number of methoxy groups -OCH3 is 2. The molecule has 1 aliphatic carbocycles. The number of nitrogens with one attached hydrogen (secondary N) is 4. The largest absolute Gasteiger partial charge is 0.453 e. The highest BCUT2D eigenvalue weighted by atomic mass is 16.5. The highest BCUT2D eigenvalue weighted by molar-refractivity contribution is 5.91. The van der Waals surface area contributed by atoms with Crippen LogP contribution in [-0.4, -0.2) is 93.1 Å². The van der Waals surface area contributed by atoms with Gasteiger partial charge in [-0.2, -0.15) is 0 Å². The molecule has 60 heavy (non-hydrogen) atoms. The Morgan fingerprint density at radius 2 is 1.33 bits per heavy atom. The summed E-state index contributed by atoms with van der Waals surface area (Å²) in [6.45, 7) is 9.08. The zero-order chi connectivity index (χ0) is 42.3. The van der Waals surface area contributed by atoms with Crippen LogP contribution in [0.25, 0.3) is 44.4 Å². The minimum atomic E-state index is -0.686. The molecule has 8 rings (SSSR count). The molecule has 4 N–H and O–H groups in total. The van der Waals surface area contributed by atoms with Crippen molar-refractivity contribution in [3.63, 3.8) is 0 Å². The molecule has 0 unspecified atom stereocenters. The zero-order valence-corrected chi connectivity index (χ0v) is 35.1. The summed E-state index contributed by atoms with van der Waals surface area (Å²) in [5, 5.41) is 7.61. The molecule has 2 saturated heterocycles. The predicted molar refractivity (Wildman–Crippen MR) is 227 cm³/mol. The molecule has 3 fully saturated rings. The minimum absolute atomic E-state index is 0.104. The third kappa shape index (κ3) is 8.06. The first-order valence-electron chi connectivity index (χ1n) is 20.9. The molecule has 4 amide bonds. The maximum atomic E-state index is 13.9. The lowest BCUT2D eigenvalue weighted by molar-refractivity contribution is -0.136. The lowest BCUT2D eigenvalue weighted by Gasteiger charge is -2.30. The van der Waals surface area contributed by atoms with Crippen LogP contribution < -0.4 is 10.6 Å². The number of carbonyl (C=O) groups excluding carboxylic acids is 4. The van der Waals surface area contributed by atoms with Crippen molar-refractivity contribution in [2.45, 2.75) is 84.0 Å². The van der Waals surface area contributed by atoms with Crippen LogP contribution in [0.1, 0.15) is 83.5 Å². The summed E-state index contributed by atoms with van der Waals surface area (Å²) in [6.07, 6.45) is 6.68. The monoisotopic (exact) mass is 814 g/mol. The number of rotatable bonds is 11. The van der Waals surface area contributed by atoms with E-state index in [1.54, 1.807) is 0 Å². The Hall–Kier alpha value is -6.18. The second kappa shape index (κ2) is 16.5. The van der Waals surface area contributed by atoms with Crippen molar-refractivity contribution in [1.29, 1.82) is 0 Å². The quantitative estimate of drug-likeness (QED) is 0.105. The maximum absolute atomic E-state index is 13.9. The molecule has 4 heterocycles. The number of hydrogen-bond donors (Lipinski definition) is 4. The third-order valence-electron chi connectivity index (χ3n) is 12.6. The van der Waals surface area contributed by atoms with Gasteiger partial charge in [0.1, 0.15) is 23.7 Å². The van der Waals surface area contributed by atoms with Gasteiger partial charge in [0.2, 0.25) is 11.8 Å². The Labute approximate surface area is 349 Å². The molecule has 1 saturated carbocycles. The molecule has 5 aromatic rings. The molecule has 3 aromatic carbocycles. The molecule has 3 aliphatic rings. The van der Waals surface area contributed by atoms with Crippen LogP contribution in [0.5, 0.6) is 0 Å². The summed E-state index contributed by atoms with van der Waals surface area (Å²) in [4.78, 5) is 71.7. The molecule has 5 atom stereocenters. The fraction of sp³-hybridized carbons (Fsp3) is 0.435. The van der Waals surface area contributed by atoms with E-state index in [4.69, 9.17) is 19.4 Å². The Balaban J connectivity index is 0.955. The van der Waals surface area contributed by atoms with Gasteiger partial charge in [-0.15, -0.1) is 0 Å². The first-order valence-corrected chi connectivity index (χ1v) is 20.9. The molecule has 2 aromatic heterocycles. The van der Waals surface area contributed by atoms with E-state index in [1.165, 1.54) is 14.2 Å². The molecule has 14 nitrogen and oxygen atoms in total. The van der Waals surface area contributed by atoms with Crippen LogP contribution in [0.15, 0.2) is 73.1 Å².